The number of aliphatic hydroxyl groups is 1. The fourth-order valence-electron chi connectivity index (χ4n) is 1.85. The van der Waals surface area contributed by atoms with E-state index in [0.29, 0.717) is 18.8 Å². The van der Waals surface area contributed by atoms with Crippen molar-refractivity contribution in [1.29, 1.82) is 0 Å². The Balaban J connectivity index is 3.22. The maximum Gasteiger partial charge on any atom is 0.246 e. The third kappa shape index (κ3) is 2.90. The zero-order chi connectivity index (χ0) is 13.9. The standard InChI is InChI=1S/C11H21N3O3S/c1-5-14(6-8(2)3)18(16,17)11-9(4)12-13-10(11)7-15/h8,15H,5-7H2,1-4H3,(H,12,13). The van der Waals surface area contributed by atoms with Crippen molar-refractivity contribution in [2.75, 3.05) is 13.1 Å². The van der Waals surface area contributed by atoms with Gasteiger partial charge in [-0.2, -0.15) is 9.40 Å². The van der Waals surface area contributed by atoms with Gasteiger partial charge in [-0.1, -0.05) is 20.8 Å². The summed E-state index contributed by atoms with van der Waals surface area (Å²) < 4.78 is 26.4. The molecule has 1 rings (SSSR count). The van der Waals surface area contributed by atoms with Crippen LogP contribution in [0.4, 0.5) is 0 Å². The predicted octanol–water partition coefficient (Wildman–Crippen LogP) is 0.877. The highest BCUT2D eigenvalue weighted by Gasteiger charge is 2.29. The summed E-state index contributed by atoms with van der Waals surface area (Å²) in [6.07, 6.45) is 0. The van der Waals surface area contributed by atoms with Crippen LogP contribution in [0.2, 0.25) is 0 Å². The molecule has 104 valence electrons. The number of rotatable bonds is 6. The Kier molecular flexibility index (Phi) is 4.89. The van der Waals surface area contributed by atoms with Gasteiger partial charge >= 0.3 is 0 Å². The van der Waals surface area contributed by atoms with Crippen molar-refractivity contribution in [2.45, 2.75) is 39.2 Å². The number of aliphatic hydroxyl groups excluding tert-OH is 1. The Hall–Kier alpha value is -0.920. The van der Waals surface area contributed by atoms with Crippen molar-refractivity contribution in [1.82, 2.24) is 14.5 Å². The van der Waals surface area contributed by atoms with Crippen molar-refractivity contribution in [3.8, 4) is 0 Å². The normalized spacial score (nSPS) is 12.6. The number of aromatic nitrogens is 2. The molecule has 0 atom stereocenters. The molecule has 1 heterocycles. The van der Waals surface area contributed by atoms with E-state index < -0.39 is 16.6 Å². The van der Waals surface area contributed by atoms with Crippen molar-refractivity contribution >= 4 is 10.0 Å². The van der Waals surface area contributed by atoms with Gasteiger partial charge in [-0.05, 0) is 12.8 Å². The second kappa shape index (κ2) is 5.81. The third-order valence-corrected chi connectivity index (χ3v) is 4.78. The van der Waals surface area contributed by atoms with Gasteiger partial charge in [0.15, 0.2) is 0 Å². The van der Waals surface area contributed by atoms with Crippen LogP contribution in [0.15, 0.2) is 4.90 Å². The maximum atomic E-state index is 12.5. The highest BCUT2D eigenvalue weighted by Crippen LogP contribution is 2.22. The summed E-state index contributed by atoms with van der Waals surface area (Å²) in [6.45, 7) is 7.83. The quantitative estimate of drug-likeness (QED) is 0.807. The lowest BCUT2D eigenvalue weighted by Gasteiger charge is -2.22. The summed E-state index contributed by atoms with van der Waals surface area (Å²) in [6, 6.07) is 0. The molecule has 0 aliphatic rings. The fourth-order valence-corrected chi connectivity index (χ4v) is 3.79. The number of nitrogens with one attached hydrogen (secondary N) is 1. The van der Waals surface area contributed by atoms with E-state index in [1.165, 1.54) is 4.31 Å². The van der Waals surface area contributed by atoms with Crippen molar-refractivity contribution in [3.63, 3.8) is 0 Å². The first-order valence-electron chi connectivity index (χ1n) is 5.99. The molecule has 2 N–H and O–H groups in total. The number of nitrogens with zero attached hydrogens (tertiary/aromatic N) is 2. The molecule has 0 radical (unpaired) electrons. The van der Waals surface area contributed by atoms with Crippen molar-refractivity contribution in [3.05, 3.63) is 11.4 Å². The predicted molar refractivity (Wildman–Crippen MR) is 68.5 cm³/mol. The molecular weight excluding hydrogens is 254 g/mol. The van der Waals surface area contributed by atoms with Crippen molar-refractivity contribution < 1.29 is 13.5 Å². The molecule has 0 saturated carbocycles. The van der Waals surface area contributed by atoms with Gasteiger partial charge < -0.3 is 5.11 Å². The summed E-state index contributed by atoms with van der Waals surface area (Å²) in [5, 5.41) is 15.6. The number of aryl methyl sites for hydroxylation is 1. The lowest BCUT2D eigenvalue weighted by Crippen LogP contribution is -2.34. The fraction of sp³-hybridized carbons (Fsp3) is 0.727. The van der Waals surface area contributed by atoms with Gasteiger partial charge in [0.2, 0.25) is 10.0 Å². The number of H-pyrrole nitrogens is 1. The minimum absolute atomic E-state index is 0.104. The first-order valence-corrected chi connectivity index (χ1v) is 7.43. The van der Waals surface area contributed by atoms with Gasteiger partial charge in [0.25, 0.3) is 0 Å². The molecular formula is C11H21N3O3S. The van der Waals surface area contributed by atoms with Gasteiger partial charge in [-0.25, -0.2) is 8.42 Å². The first kappa shape index (κ1) is 15.1. The minimum atomic E-state index is -3.60. The molecule has 0 aliphatic carbocycles. The van der Waals surface area contributed by atoms with Crippen LogP contribution >= 0.6 is 0 Å². The van der Waals surface area contributed by atoms with Crippen LogP contribution < -0.4 is 0 Å². The van der Waals surface area contributed by atoms with Crippen LogP contribution in [-0.4, -0.2) is 41.1 Å². The Labute approximate surface area is 108 Å². The van der Waals surface area contributed by atoms with Crippen LogP contribution in [0.5, 0.6) is 0 Å². The highest BCUT2D eigenvalue weighted by atomic mass is 32.2. The number of hydrogen-bond donors (Lipinski definition) is 2. The van der Waals surface area contributed by atoms with E-state index >= 15 is 0 Å². The first-order chi connectivity index (χ1) is 8.34. The summed E-state index contributed by atoms with van der Waals surface area (Å²) in [7, 11) is -3.60. The Morgan fingerprint density at radius 3 is 2.50 bits per heavy atom. The molecule has 0 unspecified atom stereocenters. The number of sulfonamides is 1. The van der Waals surface area contributed by atoms with E-state index in [-0.39, 0.29) is 16.5 Å². The van der Waals surface area contributed by atoms with E-state index in [4.69, 9.17) is 5.11 Å². The van der Waals surface area contributed by atoms with Crippen LogP contribution in [0.3, 0.4) is 0 Å². The van der Waals surface area contributed by atoms with E-state index in [1.807, 2.05) is 13.8 Å². The Morgan fingerprint density at radius 1 is 1.44 bits per heavy atom. The van der Waals surface area contributed by atoms with Crippen LogP contribution in [0, 0.1) is 12.8 Å². The second-order valence-electron chi connectivity index (χ2n) is 4.63. The van der Waals surface area contributed by atoms with Gasteiger partial charge in [-0.3, -0.25) is 5.10 Å². The Bertz CT molecular complexity index is 494. The van der Waals surface area contributed by atoms with E-state index in [9.17, 15) is 8.42 Å². The average Bonchev–Trinajstić information content (AvgIpc) is 2.67. The molecule has 6 nitrogen and oxygen atoms in total. The summed E-state index contributed by atoms with van der Waals surface area (Å²) in [5.41, 5.74) is 0.635. The SMILES string of the molecule is CCN(CC(C)C)S(=O)(=O)c1c(CO)n[nH]c1C. The van der Waals surface area contributed by atoms with Gasteiger partial charge in [0.05, 0.1) is 12.3 Å². The molecule has 7 heteroatoms. The van der Waals surface area contributed by atoms with Gasteiger partial charge in [0.1, 0.15) is 10.6 Å². The minimum Gasteiger partial charge on any atom is -0.390 e. The largest absolute Gasteiger partial charge is 0.390 e. The van der Waals surface area contributed by atoms with Gasteiger partial charge in [-0.15, -0.1) is 0 Å². The van der Waals surface area contributed by atoms with E-state index in [0.717, 1.165) is 0 Å². The van der Waals surface area contributed by atoms with Crippen LogP contribution in [0.1, 0.15) is 32.2 Å². The molecule has 0 spiro atoms. The number of aromatic amines is 1. The summed E-state index contributed by atoms with van der Waals surface area (Å²) in [4.78, 5) is 0.104. The smallest absolute Gasteiger partial charge is 0.246 e. The second-order valence-corrected chi connectivity index (χ2v) is 6.51. The highest BCUT2D eigenvalue weighted by molar-refractivity contribution is 7.89. The zero-order valence-electron chi connectivity index (χ0n) is 11.3. The molecule has 0 amide bonds. The molecule has 0 bridgehead atoms. The van der Waals surface area contributed by atoms with E-state index in [2.05, 4.69) is 10.2 Å². The molecule has 1 aromatic heterocycles. The Morgan fingerprint density at radius 2 is 2.06 bits per heavy atom. The van der Waals surface area contributed by atoms with Crippen LogP contribution in [-0.2, 0) is 16.6 Å². The van der Waals surface area contributed by atoms with Crippen molar-refractivity contribution in [2.24, 2.45) is 5.92 Å². The van der Waals surface area contributed by atoms with Crippen LogP contribution in [0.25, 0.3) is 0 Å². The molecule has 1 aromatic rings. The maximum absolute atomic E-state index is 12.5. The lowest BCUT2D eigenvalue weighted by molar-refractivity contribution is 0.272. The molecule has 0 fully saturated rings. The monoisotopic (exact) mass is 275 g/mol. The summed E-state index contributed by atoms with van der Waals surface area (Å²) in [5.74, 6) is 0.240. The van der Waals surface area contributed by atoms with Gasteiger partial charge in [0, 0.05) is 13.1 Å². The molecule has 0 aromatic carbocycles. The zero-order valence-corrected chi connectivity index (χ0v) is 12.1. The number of hydrogen-bond acceptors (Lipinski definition) is 4. The summed E-state index contributed by atoms with van der Waals surface area (Å²) >= 11 is 0. The third-order valence-electron chi connectivity index (χ3n) is 2.63. The molecule has 18 heavy (non-hydrogen) atoms. The molecule has 0 aliphatic heterocycles. The lowest BCUT2D eigenvalue weighted by atomic mass is 10.2. The molecule has 0 saturated heterocycles. The topological polar surface area (TPSA) is 86.3 Å². The average molecular weight is 275 g/mol. The van der Waals surface area contributed by atoms with E-state index in [1.54, 1.807) is 13.8 Å².